The molecule has 0 unspecified atom stereocenters. The van der Waals surface area contributed by atoms with Crippen molar-refractivity contribution in [3.63, 3.8) is 0 Å². The van der Waals surface area contributed by atoms with Crippen molar-refractivity contribution in [3.05, 3.63) is 101 Å². The average Bonchev–Trinajstić information content (AvgIpc) is 3.41. The Hall–Kier alpha value is -3.20. The number of hydrogen-bond acceptors (Lipinski definition) is 1. The Morgan fingerprint density at radius 2 is 1.56 bits per heavy atom. The summed E-state index contributed by atoms with van der Waals surface area (Å²) in [4.78, 5) is 2.46. The topological polar surface area (TPSA) is 6.25 Å². The third kappa shape index (κ3) is 3.88. The first-order chi connectivity index (χ1) is 15.5. The molecule has 0 amide bonds. The summed E-state index contributed by atoms with van der Waals surface area (Å²) >= 11 is 0. The van der Waals surface area contributed by atoms with Crippen LogP contribution in [0.5, 0.6) is 0 Å². The molecule has 32 heavy (non-hydrogen) atoms. The van der Waals surface area contributed by atoms with Crippen LogP contribution in [0.3, 0.4) is 0 Å². The molecule has 1 saturated heterocycles. The normalized spacial score (nSPS) is 17.4. The maximum atomic E-state index is 13.4. The first kappa shape index (κ1) is 20.7. The van der Waals surface area contributed by atoms with Crippen molar-refractivity contribution in [2.75, 3.05) is 18.0 Å². The van der Waals surface area contributed by atoms with Crippen LogP contribution in [-0.2, 0) is 12.0 Å². The van der Waals surface area contributed by atoms with Gasteiger partial charge in [-0.1, -0.05) is 30.3 Å². The van der Waals surface area contributed by atoms with Gasteiger partial charge in [-0.3, -0.25) is 0 Å². The van der Waals surface area contributed by atoms with Crippen molar-refractivity contribution in [2.45, 2.75) is 38.6 Å². The maximum Gasteiger partial charge on any atom is 0.210 e. The molecule has 3 aromatic rings. The van der Waals surface area contributed by atoms with Gasteiger partial charge >= 0.3 is 0 Å². The van der Waals surface area contributed by atoms with E-state index < -0.39 is 0 Å². The monoisotopic (exact) mass is 425 g/mol. The number of fused-ring (bicyclic) bond motifs is 1. The summed E-state index contributed by atoms with van der Waals surface area (Å²) in [6, 6.07) is 24.3. The molecular weight excluding hydrogens is 395 g/mol. The molecule has 0 N–H and O–H groups in total. The Balaban J connectivity index is 1.49. The molecule has 0 aromatic heterocycles. The fourth-order valence-electron chi connectivity index (χ4n) is 5.03. The molecule has 162 valence electrons. The predicted molar refractivity (Wildman–Crippen MR) is 131 cm³/mol. The van der Waals surface area contributed by atoms with Crippen LogP contribution in [0.15, 0.2) is 78.9 Å². The lowest BCUT2D eigenvalue weighted by atomic mass is 9.81. The summed E-state index contributed by atoms with van der Waals surface area (Å²) in [6.07, 6.45) is 7.06. The Bertz CT molecular complexity index is 1160. The van der Waals surface area contributed by atoms with Gasteiger partial charge in [0.2, 0.25) is 5.69 Å². The molecule has 0 saturated carbocycles. The SMILES string of the molecule is CC1(C)C(C=Cc2ccc(N3CCCC3)cc2)=[N+](Cc2ccc(F)cc2)c2ccccc21. The lowest BCUT2D eigenvalue weighted by Crippen LogP contribution is -2.27. The second-order valence-corrected chi connectivity index (χ2v) is 9.36. The maximum absolute atomic E-state index is 13.4. The van der Waals surface area contributed by atoms with E-state index in [4.69, 9.17) is 0 Å². The largest absolute Gasteiger partial charge is 0.372 e. The van der Waals surface area contributed by atoms with E-state index in [0.29, 0.717) is 6.54 Å². The van der Waals surface area contributed by atoms with Crippen molar-refractivity contribution in [3.8, 4) is 0 Å². The van der Waals surface area contributed by atoms with E-state index in [1.54, 1.807) is 12.1 Å². The number of anilines is 1. The molecule has 0 spiro atoms. The van der Waals surface area contributed by atoms with Crippen molar-refractivity contribution in [2.24, 2.45) is 0 Å². The summed E-state index contributed by atoms with van der Waals surface area (Å²) < 4.78 is 15.8. The Labute approximate surface area is 190 Å². The number of rotatable bonds is 5. The van der Waals surface area contributed by atoms with Gasteiger partial charge in [-0.05, 0) is 74.7 Å². The highest BCUT2D eigenvalue weighted by molar-refractivity contribution is 6.05. The van der Waals surface area contributed by atoms with Crippen LogP contribution in [0.1, 0.15) is 43.4 Å². The zero-order chi connectivity index (χ0) is 22.1. The molecule has 2 heterocycles. The minimum atomic E-state index is -0.197. The fraction of sp³-hybridized carbons (Fsp3) is 0.276. The minimum Gasteiger partial charge on any atom is -0.372 e. The fourth-order valence-corrected chi connectivity index (χ4v) is 5.03. The van der Waals surface area contributed by atoms with Gasteiger partial charge in [0, 0.05) is 42.0 Å². The smallest absolute Gasteiger partial charge is 0.210 e. The third-order valence-corrected chi connectivity index (χ3v) is 6.85. The molecule has 2 aliphatic heterocycles. The average molecular weight is 426 g/mol. The second-order valence-electron chi connectivity index (χ2n) is 9.36. The molecule has 0 radical (unpaired) electrons. The van der Waals surface area contributed by atoms with Crippen LogP contribution in [0.2, 0.25) is 0 Å². The number of hydrogen-bond donors (Lipinski definition) is 0. The van der Waals surface area contributed by atoms with Gasteiger partial charge < -0.3 is 4.90 Å². The van der Waals surface area contributed by atoms with Gasteiger partial charge in [0.15, 0.2) is 12.3 Å². The van der Waals surface area contributed by atoms with Crippen molar-refractivity contribution < 1.29 is 8.97 Å². The van der Waals surface area contributed by atoms with Gasteiger partial charge in [0.1, 0.15) is 5.82 Å². The molecule has 0 bridgehead atoms. The molecule has 2 aliphatic rings. The molecule has 3 aromatic carbocycles. The van der Waals surface area contributed by atoms with Crippen LogP contribution in [0, 0.1) is 5.82 Å². The lowest BCUT2D eigenvalue weighted by Gasteiger charge is -2.17. The van der Waals surface area contributed by atoms with E-state index in [1.807, 2.05) is 12.1 Å². The lowest BCUT2D eigenvalue weighted by molar-refractivity contribution is -0.455. The number of benzene rings is 3. The van der Waals surface area contributed by atoms with Gasteiger partial charge in [-0.2, -0.15) is 4.58 Å². The molecule has 2 nitrogen and oxygen atoms in total. The number of nitrogens with zero attached hydrogens (tertiary/aromatic N) is 2. The Morgan fingerprint density at radius 1 is 0.875 bits per heavy atom. The van der Waals surface area contributed by atoms with E-state index >= 15 is 0 Å². The van der Waals surface area contributed by atoms with E-state index in [2.05, 4.69) is 84.0 Å². The summed E-state index contributed by atoms with van der Waals surface area (Å²) in [5.41, 5.74) is 7.32. The highest BCUT2D eigenvalue weighted by atomic mass is 19.1. The van der Waals surface area contributed by atoms with Gasteiger partial charge in [-0.15, -0.1) is 0 Å². The van der Waals surface area contributed by atoms with Crippen LogP contribution in [-0.4, -0.2) is 23.4 Å². The number of allylic oxidation sites excluding steroid dienone is 1. The minimum absolute atomic E-state index is 0.109. The van der Waals surface area contributed by atoms with Crippen molar-refractivity contribution in [1.29, 1.82) is 0 Å². The van der Waals surface area contributed by atoms with Crippen LogP contribution >= 0.6 is 0 Å². The molecule has 3 heteroatoms. The van der Waals surface area contributed by atoms with Crippen molar-refractivity contribution >= 4 is 23.2 Å². The Kier molecular flexibility index (Phi) is 5.42. The van der Waals surface area contributed by atoms with Crippen LogP contribution in [0.25, 0.3) is 6.08 Å². The zero-order valence-electron chi connectivity index (χ0n) is 18.9. The first-order valence-corrected chi connectivity index (χ1v) is 11.5. The summed E-state index contributed by atoms with van der Waals surface area (Å²) in [5, 5.41) is 0. The van der Waals surface area contributed by atoms with Crippen LogP contribution < -0.4 is 4.90 Å². The standard InChI is InChI=1S/C29H30FN2/c1-29(2)26-7-3-4-8-27(26)32(21-23-9-14-24(30)15-10-23)28(29)18-13-22-11-16-25(17-12-22)31-19-5-6-20-31/h3-4,7-18H,5-6,19-21H2,1-2H3/q+1. The molecule has 0 atom stereocenters. The van der Waals surface area contributed by atoms with E-state index in [9.17, 15) is 4.39 Å². The first-order valence-electron chi connectivity index (χ1n) is 11.5. The zero-order valence-corrected chi connectivity index (χ0v) is 18.9. The van der Waals surface area contributed by atoms with Gasteiger partial charge in [0.05, 0.1) is 5.41 Å². The highest BCUT2D eigenvalue weighted by Crippen LogP contribution is 2.40. The summed E-state index contributed by atoms with van der Waals surface area (Å²) in [6.45, 7) is 7.61. The van der Waals surface area contributed by atoms with E-state index in [-0.39, 0.29) is 11.2 Å². The van der Waals surface area contributed by atoms with E-state index in [0.717, 1.165) is 18.7 Å². The summed E-state index contributed by atoms with van der Waals surface area (Å²) in [7, 11) is 0. The predicted octanol–water partition coefficient (Wildman–Crippen LogP) is 6.72. The van der Waals surface area contributed by atoms with Gasteiger partial charge in [0.25, 0.3) is 0 Å². The Morgan fingerprint density at radius 3 is 2.28 bits per heavy atom. The molecule has 5 rings (SSSR count). The molecule has 1 fully saturated rings. The number of halogens is 1. The summed E-state index contributed by atoms with van der Waals surface area (Å²) in [5.74, 6) is -0.197. The second kappa shape index (κ2) is 8.38. The van der Waals surface area contributed by atoms with Crippen LogP contribution in [0.4, 0.5) is 15.8 Å². The number of para-hydroxylation sites is 1. The third-order valence-electron chi connectivity index (χ3n) is 6.85. The highest BCUT2D eigenvalue weighted by Gasteiger charge is 2.44. The molecular formula is C29H30FN2+. The van der Waals surface area contributed by atoms with Gasteiger partial charge in [-0.25, -0.2) is 4.39 Å². The van der Waals surface area contributed by atoms with E-state index in [1.165, 1.54) is 41.1 Å². The quantitative estimate of drug-likeness (QED) is 0.412. The molecule has 0 aliphatic carbocycles. The van der Waals surface area contributed by atoms with Crippen molar-refractivity contribution in [1.82, 2.24) is 0 Å².